The van der Waals surface area contributed by atoms with E-state index in [2.05, 4.69) is 15.5 Å². The van der Waals surface area contributed by atoms with Crippen molar-refractivity contribution in [1.29, 1.82) is 0 Å². The highest BCUT2D eigenvalue weighted by molar-refractivity contribution is 6.21. The van der Waals surface area contributed by atoms with E-state index in [1.165, 1.54) is 23.1 Å². The SMILES string of the molecule is CCCCN1C(=O)c2ccc(C(=O)OCc3nnnn3C3CC3)cc2C1=O. The van der Waals surface area contributed by atoms with Crippen LogP contribution in [0.25, 0.3) is 0 Å². The maximum absolute atomic E-state index is 12.5. The molecule has 2 heterocycles. The fraction of sp³-hybridized carbons (Fsp3) is 0.444. The van der Waals surface area contributed by atoms with Gasteiger partial charge in [0, 0.05) is 6.54 Å². The Morgan fingerprint density at radius 1 is 1.22 bits per heavy atom. The molecule has 9 heteroatoms. The Hall–Kier alpha value is -3.10. The molecule has 0 unspecified atom stereocenters. The number of benzene rings is 1. The van der Waals surface area contributed by atoms with Crippen molar-refractivity contribution in [2.24, 2.45) is 0 Å². The molecular weight excluding hydrogens is 350 g/mol. The zero-order valence-corrected chi connectivity index (χ0v) is 14.9. The molecule has 140 valence electrons. The molecule has 1 saturated carbocycles. The van der Waals surface area contributed by atoms with E-state index in [-0.39, 0.29) is 35.6 Å². The number of unbranched alkanes of at least 4 members (excludes halogenated alkanes) is 1. The van der Waals surface area contributed by atoms with Crippen LogP contribution in [0.2, 0.25) is 0 Å². The van der Waals surface area contributed by atoms with Crippen molar-refractivity contribution in [3.63, 3.8) is 0 Å². The predicted molar refractivity (Wildman–Crippen MR) is 91.9 cm³/mol. The van der Waals surface area contributed by atoms with Crippen LogP contribution in [0, 0.1) is 0 Å². The van der Waals surface area contributed by atoms with Gasteiger partial charge in [-0.2, -0.15) is 0 Å². The topological polar surface area (TPSA) is 107 Å². The summed E-state index contributed by atoms with van der Waals surface area (Å²) >= 11 is 0. The lowest BCUT2D eigenvalue weighted by Crippen LogP contribution is -2.30. The van der Waals surface area contributed by atoms with Crippen LogP contribution in [0.4, 0.5) is 0 Å². The Morgan fingerprint density at radius 2 is 2.00 bits per heavy atom. The molecule has 1 fully saturated rings. The molecule has 0 bridgehead atoms. The fourth-order valence-corrected chi connectivity index (χ4v) is 3.06. The standard InChI is InChI=1S/C18H19N5O4/c1-2-3-8-22-16(24)13-7-4-11(9-14(13)17(22)25)18(26)27-10-15-19-20-21-23(15)12-5-6-12/h4,7,9,12H,2-3,5-6,8,10H2,1H3. The van der Waals surface area contributed by atoms with Crippen LogP contribution in [0.5, 0.6) is 0 Å². The molecule has 1 aromatic carbocycles. The summed E-state index contributed by atoms with van der Waals surface area (Å²) in [7, 11) is 0. The monoisotopic (exact) mass is 369 g/mol. The summed E-state index contributed by atoms with van der Waals surface area (Å²) in [4.78, 5) is 38.4. The quantitative estimate of drug-likeness (QED) is 0.540. The second-order valence-electron chi connectivity index (χ2n) is 6.72. The molecule has 0 saturated heterocycles. The Kier molecular flexibility index (Phi) is 4.43. The molecule has 4 rings (SSSR count). The summed E-state index contributed by atoms with van der Waals surface area (Å²) in [6.07, 6.45) is 3.66. The molecule has 2 aromatic rings. The number of amides is 2. The summed E-state index contributed by atoms with van der Waals surface area (Å²) in [5, 5.41) is 11.4. The molecule has 2 amide bonds. The number of esters is 1. The largest absolute Gasteiger partial charge is 0.454 e. The lowest BCUT2D eigenvalue weighted by molar-refractivity contribution is 0.0456. The van der Waals surface area contributed by atoms with E-state index in [1.807, 2.05) is 6.92 Å². The summed E-state index contributed by atoms with van der Waals surface area (Å²) < 4.78 is 6.96. The summed E-state index contributed by atoms with van der Waals surface area (Å²) in [6, 6.07) is 4.71. The number of tetrazole rings is 1. The van der Waals surface area contributed by atoms with Crippen molar-refractivity contribution >= 4 is 17.8 Å². The van der Waals surface area contributed by atoms with E-state index in [0.29, 0.717) is 17.9 Å². The van der Waals surface area contributed by atoms with Crippen LogP contribution in [-0.2, 0) is 11.3 Å². The fourth-order valence-electron chi connectivity index (χ4n) is 3.06. The molecule has 1 aliphatic heterocycles. The van der Waals surface area contributed by atoms with Crippen molar-refractivity contribution in [2.75, 3.05) is 6.54 Å². The average molecular weight is 369 g/mol. The van der Waals surface area contributed by atoms with Crippen molar-refractivity contribution < 1.29 is 19.1 Å². The van der Waals surface area contributed by atoms with Gasteiger partial charge in [-0.25, -0.2) is 9.48 Å². The normalized spacial score (nSPS) is 16.0. The highest BCUT2D eigenvalue weighted by Gasteiger charge is 2.35. The van der Waals surface area contributed by atoms with Crippen LogP contribution < -0.4 is 0 Å². The smallest absolute Gasteiger partial charge is 0.338 e. The molecule has 0 spiro atoms. The zero-order valence-electron chi connectivity index (χ0n) is 14.9. The number of aromatic nitrogens is 4. The zero-order chi connectivity index (χ0) is 19.0. The molecular formula is C18H19N5O4. The van der Waals surface area contributed by atoms with Gasteiger partial charge in [0.15, 0.2) is 12.4 Å². The van der Waals surface area contributed by atoms with Gasteiger partial charge in [-0.3, -0.25) is 14.5 Å². The third-order valence-corrected chi connectivity index (χ3v) is 4.73. The highest BCUT2D eigenvalue weighted by Crippen LogP contribution is 2.34. The number of carbonyl (C=O) groups is 3. The van der Waals surface area contributed by atoms with Crippen LogP contribution >= 0.6 is 0 Å². The number of imide groups is 1. The average Bonchev–Trinajstić information content (AvgIpc) is 3.37. The molecule has 0 radical (unpaired) electrons. The number of fused-ring (bicyclic) bond motifs is 1. The Bertz CT molecular complexity index is 918. The number of rotatable bonds is 7. The van der Waals surface area contributed by atoms with Gasteiger partial charge < -0.3 is 4.74 Å². The van der Waals surface area contributed by atoms with Gasteiger partial charge in [0.2, 0.25) is 0 Å². The molecule has 27 heavy (non-hydrogen) atoms. The van der Waals surface area contributed by atoms with Crippen LogP contribution in [0.3, 0.4) is 0 Å². The van der Waals surface area contributed by atoms with Crippen molar-refractivity contribution in [3.8, 4) is 0 Å². The van der Waals surface area contributed by atoms with E-state index >= 15 is 0 Å². The van der Waals surface area contributed by atoms with Gasteiger partial charge in [-0.15, -0.1) is 5.10 Å². The van der Waals surface area contributed by atoms with E-state index in [1.54, 1.807) is 4.68 Å². The van der Waals surface area contributed by atoms with Crippen molar-refractivity contribution in [2.45, 2.75) is 45.3 Å². The first kappa shape index (κ1) is 17.3. The number of ether oxygens (including phenoxy) is 1. The third kappa shape index (κ3) is 3.20. The minimum atomic E-state index is -0.588. The van der Waals surface area contributed by atoms with Gasteiger partial charge in [0.1, 0.15) is 0 Å². The first-order valence-electron chi connectivity index (χ1n) is 9.04. The van der Waals surface area contributed by atoms with E-state index < -0.39 is 5.97 Å². The van der Waals surface area contributed by atoms with Crippen LogP contribution in [-0.4, -0.2) is 49.4 Å². The molecule has 9 nitrogen and oxygen atoms in total. The number of nitrogens with zero attached hydrogens (tertiary/aromatic N) is 5. The highest BCUT2D eigenvalue weighted by atomic mass is 16.5. The van der Waals surface area contributed by atoms with Gasteiger partial charge in [0.05, 0.1) is 22.7 Å². The maximum Gasteiger partial charge on any atom is 0.338 e. The Morgan fingerprint density at radius 3 is 2.74 bits per heavy atom. The van der Waals surface area contributed by atoms with Crippen LogP contribution in [0.15, 0.2) is 18.2 Å². The summed E-state index contributed by atoms with van der Waals surface area (Å²) in [6.45, 7) is 2.33. The number of hydrogen-bond donors (Lipinski definition) is 0. The first-order chi connectivity index (χ1) is 13.1. The molecule has 0 atom stereocenters. The molecule has 1 aliphatic carbocycles. The maximum atomic E-state index is 12.5. The molecule has 1 aromatic heterocycles. The predicted octanol–water partition coefficient (Wildman–Crippen LogP) is 1.76. The van der Waals surface area contributed by atoms with E-state index in [9.17, 15) is 14.4 Å². The number of hydrogen-bond acceptors (Lipinski definition) is 7. The minimum Gasteiger partial charge on any atom is -0.454 e. The van der Waals surface area contributed by atoms with Crippen molar-refractivity contribution in [3.05, 3.63) is 40.7 Å². The molecule has 0 N–H and O–H groups in total. The van der Waals surface area contributed by atoms with Gasteiger partial charge in [-0.1, -0.05) is 13.3 Å². The van der Waals surface area contributed by atoms with Crippen LogP contribution in [0.1, 0.15) is 75.5 Å². The first-order valence-corrected chi connectivity index (χ1v) is 9.04. The lowest BCUT2D eigenvalue weighted by Gasteiger charge is -2.12. The Labute approximate surface area is 155 Å². The van der Waals surface area contributed by atoms with Gasteiger partial charge in [0.25, 0.3) is 11.8 Å². The lowest BCUT2D eigenvalue weighted by atomic mass is 10.1. The Balaban J connectivity index is 1.47. The van der Waals surface area contributed by atoms with Gasteiger partial charge >= 0.3 is 5.97 Å². The minimum absolute atomic E-state index is 0.0467. The van der Waals surface area contributed by atoms with E-state index in [4.69, 9.17) is 4.74 Å². The van der Waals surface area contributed by atoms with Gasteiger partial charge in [-0.05, 0) is 47.9 Å². The third-order valence-electron chi connectivity index (χ3n) is 4.73. The van der Waals surface area contributed by atoms with E-state index in [0.717, 1.165) is 25.7 Å². The molecule has 2 aliphatic rings. The van der Waals surface area contributed by atoms with Crippen molar-refractivity contribution in [1.82, 2.24) is 25.1 Å². The summed E-state index contributed by atoms with van der Waals surface area (Å²) in [5.41, 5.74) is 0.788. The summed E-state index contributed by atoms with van der Waals surface area (Å²) in [5.74, 6) is -0.776. The second-order valence-corrected chi connectivity index (χ2v) is 6.72. The second kappa shape index (κ2) is 6.90. The number of carbonyl (C=O) groups excluding carboxylic acids is 3.